The fourth-order valence-corrected chi connectivity index (χ4v) is 3.12. The molecule has 1 atom stereocenters. The van der Waals surface area contributed by atoms with E-state index in [2.05, 4.69) is 15.6 Å². The third kappa shape index (κ3) is 2.98. The van der Waals surface area contributed by atoms with E-state index in [-0.39, 0.29) is 17.7 Å². The van der Waals surface area contributed by atoms with Gasteiger partial charge in [-0.2, -0.15) is 0 Å². The van der Waals surface area contributed by atoms with Crippen LogP contribution in [0.15, 0.2) is 54.6 Å². The average molecular weight is 334 g/mol. The number of hydrogen-bond acceptors (Lipinski definition) is 3. The molecule has 4 rings (SSSR count). The molecule has 0 bridgehead atoms. The second-order valence-electron chi connectivity index (χ2n) is 6.12. The molecule has 3 aromatic rings. The largest absolute Gasteiger partial charge is 0.355 e. The minimum absolute atomic E-state index is 0.000532. The van der Waals surface area contributed by atoms with Crippen LogP contribution in [0.5, 0.6) is 0 Å². The van der Waals surface area contributed by atoms with E-state index in [9.17, 15) is 9.59 Å². The number of rotatable bonds is 3. The lowest BCUT2D eigenvalue weighted by Crippen LogP contribution is -2.40. The van der Waals surface area contributed by atoms with Crippen LogP contribution in [-0.2, 0) is 9.59 Å². The molecule has 6 nitrogen and oxygen atoms in total. The van der Waals surface area contributed by atoms with Gasteiger partial charge in [0, 0.05) is 18.7 Å². The van der Waals surface area contributed by atoms with Crippen molar-refractivity contribution in [3.05, 3.63) is 54.6 Å². The Bertz CT molecular complexity index is 923. The lowest BCUT2D eigenvalue weighted by atomic mass is 9.98. The number of piperidine rings is 1. The first-order valence-electron chi connectivity index (χ1n) is 8.33. The van der Waals surface area contributed by atoms with Gasteiger partial charge in [0.2, 0.25) is 17.8 Å². The second-order valence-corrected chi connectivity index (χ2v) is 6.12. The first-order chi connectivity index (χ1) is 12.2. The number of nitrogens with zero attached hydrogens (tertiary/aromatic N) is 2. The fraction of sp³-hybridized carbons (Fsp3) is 0.211. The molecular weight excluding hydrogens is 316 g/mol. The summed E-state index contributed by atoms with van der Waals surface area (Å²) in [6.45, 7) is 0.371. The fourth-order valence-electron chi connectivity index (χ4n) is 3.12. The van der Waals surface area contributed by atoms with Crippen molar-refractivity contribution in [2.75, 3.05) is 11.9 Å². The van der Waals surface area contributed by atoms with E-state index in [1.54, 1.807) is 0 Å². The van der Waals surface area contributed by atoms with Crippen LogP contribution in [-0.4, -0.2) is 27.9 Å². The highest BCUT2D eigenvalue weighted by Gasteiger charge is 2.26. The lowest BCUT2D eigenvalue weighted by Gasteiger charge is -2.21. The Morgan fingerprint density at radius 2 is 1.88 bits per heavy atom. The summed E-state index contributed by atoms with van der Waals surface area (Å²) in [5, 5.41) is 5.69. The zero-order valence-corrected chi connectivity index (χ0v) is 13.6. The van der Waals surface area contributed by atoms with Crippen LogP contribution < -0.4 is 10.6 Å². The summed E-state index contributed by atoms with van der Waals surface area (Å²) < 4.78 is 1.94. The Kier molecular flexibility index (Phi) is 3.93. The van der Waals surface area contributed by atoms with Gasteiger partial charge in [0.15, 0.2) is 0 Å². The number of imidazole rings is 1. The zero-order valence-electron chi connectivity index (χ0n) is 13.6. The minimum atomic E-state index is -0.235. The minimum Gasteiger partial charge on any atom is -0.355 e. The molecular formula is C19H18N4O2. The Hall–Kier alpha value is -3.15. The van der Waals surface area contributed by atoms with Gasteiger partial charge in [-0.1, -0.05) is 30.3 Å². The normalized spacial score (nSPS) is 17.3. The molecule has 2 heterocycles. The van der Waals surface area contributed by atoms with Crippen molar-refractivity contribution >= 4 is 28.8 Å². The van der Waals surface area contributed by atoms with Crippen LogP contribution in [0, 0.1) is 5.92 Å². The van der Waals surface area contributed by atoms with Gasteiger partial charge >= 0.3 is 0 Å². The number of para-hydroxylation sites is 3. The molecule has 0 saturated carbocycles. The predicted octanol–water partition coefficient (Wildman–Crippen LogP) is 2.49. The summed E-state index contributed by atoms with van der Waals surface area (Å²) in [4.78, 5) is 28.5. The van der Waals surface area contributed by atoms with Gasteiger partial charge in [-0.05, 0) is 30.7 Å². The monoisotopic (exact) mass is 334 g/mol. The van der Waals surface area contributed by atoms with Crippen LogP contribution in [0.25, 0.3) is 16.7 Å². The first-order valence-corrected chi connectivity index (χ1v) is 8.33. The summed E-state index contributed by atoms with van der Waals surface area (Å²) >= 11 is 0. The van der Waals surface area contributed by atoms with Crippen molar-refractivity contribution in [1.29, 1.82) is 0 Å². The summed E-state index contributed by atoms with van der Waals surface area (Å²) in [6.07, 6.45) is 0.941. The SMILES string of the molecule is O=C1CC[C@@H](C(=O)Nc2nc3ccccc3n2-c2ccccc2)CN1. The number of fused-ring (bicyclic) bond motifs is 1. The van der Waals surface area contributed by atoms with Crippen molar-refractivity contribution in [2.24, 2.45) is 5.92 Å². The van der Waals surface area contributed by atoms with E-state index in [0.717, 1.165) is 16.7 Å². The molecule has 0 spiro atoms. The smallest absolute Gasteiger partial charge is 0.231 e. The van der Waals surface area contributed by atoms with E-state index in [4.69, 9.17) is 0 Å². The molecule has 1 aliphatic rings. The predicted molar refractivity (Wildman–Crippen MR) is 95.4 cm³/mol. The molecule has 6 heteroatoms. The lowest BCUT2D eigenvalue weighted by molar-refractivity contribution is -0.126. The van der Waals surface area contributed by atoms with Crippen LogP contribution in [0.4, 0.5) is 5.95 Å². The van der Waals surface area contributed by atoms with Crippen molar-refractivity contribution in [3.8, 4) is 5.69 Å². The van der Waals surface area contributed by atoms with Crippen LogP contribution >= 0.6 is 0 Å². The van der Waals surface area contributed by atoms with Gasteiger partial charge in [0.25, 0.3) is 0 Å². The van der Waals surface area contributed by atoms with Crippen molar-refractivity contribution in [2.45, 2.75) is 12.8 Å². The molecule has 2 amide bonds. The van der Waals surface area contributed by atoms with E-state index in [1.807, 2.05) is 59.2 Å². The average Bonchev–Trinajstić information content (AvgIpc) is 3.00. The molecule has 25 heavy (non-hydrogen) atoms. The van der Waals surface area contributed by atoms with Gasteiger partial charge in [-0.25, -0.2) is 4.98 Å². The van der Waals surface area contributed by atoms with Gasteiger partial charge in [-0.3, -0.25) is 19.5 Å². The highest BCUT2D eigenvalue weighted by molar-refractivity contribution is 5.95. The number of carbonyl (C=O) groups is 2. The number of nitrogens with one attached hydrogen (secondary N) is 2. The van der Waals surface area contributed by atoms with E-state index in [1.165, 1.54) is 0 Å². The maximum Gasteiger partial charge on any atom is 0.231 e. The van der Waals surface area contributed by atoms with Gasteiger partial charge < -0.3 is 5.32 Å². The highest BCUT2D eigenvalue weighted by atomic mass is 16.2. The number of carbonyl (C=O) groups excluding carboxylic acids is 2. The topological polar surface area (TPSA) is 76.0 Å². The Balaban J connectivity index is 1.69. The Morgan fingerprint density at radius 1 is 1.12 bits per heavy atom. The van der Waals surface area contributed by atoms with Crippen LogP contribution in [0.3, 0.4) is 0 Å². The van der Waals surface area contributed by atoms with E-state index >= 15 is 0 Å². The third-order valence-electron chi connectivity index (χ3n) is 4.45. The molecule has 0 radical (unpaired) electrons. The summed E-state index contributed by atoms with van der Waals surface area (Å²) in [5.74, 6) is 0.143. The third-order valence-corrected chi connectivity index (χ3v) is 4.45. The molecule has 0 aliphatic carbocycles. The second kappa shape index (κ2) is 6.39. The maximum atomic E-state index is 12.6. The van der Waals surface area contributed by atoms with Gasteiger partial charge in [0.05, 0.1) is 17.0 Å². The number of hydrogen-bond donors (Lipinski definition) is 2. The molecule has 2 N–H and O–H groups in total. The van der Waals surface area contributed by atoms with Crippen LogP contribution in [0.2, 0.25) is 0 Å². The molecule has 2 aromatic carbocycles. The van der Waals surface area contributed by atoms with Crippen molar-refractivity contribution in [1.82, 2.24) is 14.9 Å². The maximum absolute atomic E-state index is 12.6. The number of aromatic nitrogens is 2. The molecule has 0 unspecified atom stereocenters. The van der Waals surface area contributed by atoms with E-state index < -0.39 is 0 Å². The highest BCUT2D eigenvalue weighted by Crippen LogP contribution is 2.25. The van der Waals surface area contributed by atoms with Crippen molar-refractivity contribution < 1.29 is 9.59 Å². The molecule has 1 aromatic heterocycles. The first kappa shape index (κ1) is 15.4. The Labute approximate surface area is 144 Å². The number of amides is 2. The standard InChI is InChI=1S/C19H18N4O2/c24-17-11-10-13(12-20-17)18(25)22-19-21-15-8-4-5-9-16(15)23(19)14-6-2-1-3-7-14/h1-9,13H,10-12H2,(H,20,24)(H,21,22,25)/t13-/m1/s1. The van der Waals surface area contributed by atoms with Crippen LogP contribution in [0.1, 0.15) is 12.8 Å². The number of anilines is 1. The van der Waals surface area contributed by atoms with Gasteiger partial charge in [0.1, 0.15) is 0 Å². The molecule has 1 aliphatic heterocycles. The summed E-state index contributed by atoms with van der Waals surface area (Å²) in [5.41, 5.74) is 2.68. The molecule has 1 fully saturated rings. The molecule has 126 valence electrons. The van der Waals surface area contributed by atoms with Crippen molar-refractivity contribution in [3.63, 3.8) is 0 Å². The van der Waals surface area contributed by atoms with Gasteiger partial charge in [-0.15, -0.1) is 0 Å². The number of benzene rings is 2. The molecule has 1 saturated heterocycles. The zero-order chi connectivity index (χ0) is 17.2. The summed E-state index contributed by atoms with van der Waals surface area (Å²) in [6, 6.07) is 17.6. The quantitative estimate of drug-likeness (QED) is 0.773. The van der Waals surface area contributed by atoms with E-state index in [0.29, 0.717) is 25.3 Å². The summed E-state index contributed by atoms with van der Waals surface area (Å²) in [7, 11) is 0. The Morgan fingerprint density at radius 3 is 2.64 bits per heavy atom.